The third-order valence-corrected chi connectivity index (χ3v) is 9.48. The number of nitrogens with two attached hydrogens (primary N) is 1. The summed E-state index contributed by atoms with van der Waals surface area (Å²) in [5, 5.41) is 0. The molecule has 2 fully saturated rings. The molecule has 0 aromatic heterocycles. The van der Waals surface area contributed by atoms with Crippen LogP contribution in [0.2, 0.25) is 0 Å². The Morgan fingerprint density at radius 2 is 0.778 bits per heavy atom. The van der Waals surface area contributed by atoms with Crippen molar-refractivity contribution in [3.05, 3.63) is 0 Å². The van der Waals surface area contributed by atoms with Gasteiger partial charge in [-0.15, -0.1) is 0 Å². The van der Waals surface area contributed by atoms with E-state index in [1.54, 1.807) is 0 Å². The molecule has 2 saturated heterocycles. The maximum Gasteiger partial charge on any atom is 0.0477 e. The van der Waals surface area contributed by atoms with Gasteiger partial charge in [0.1, 0.15) is 0 Å². The Hall–Kier alpha value is -0.280. The van der Waals surface area contributed by atoms with Gasteiger partial charge < -0.3 is 25.3 Å². The summed E-state index contributed by atoms with van der Waals surface area (Å²) in [7, 11) is 0. The Balaban J connectivity index is 2.43. The van der Waals surface area contributed by atoms with E-state index in [2.05, 4.69) is 84.8 Å². The molecule has 0 saturated carbocycles. The van der Waals surface area contributed by atoms with Gasteiger partial charge in [0, 0.05) is 69.5 Å². The van der Waals surface area contributed by atoms with E-state index in [1.165, 1.54) is 26.2 Å². The molecule has 0 atom stereocenters. The second-order valence-corrected chi connectivity index (χ2v) is 11.4. The lowest BCUT2D eigenvalue weighted by atomic mass is 9.80. The summed E-state index contributed by atoms with van der Waals surface area (Å²) in [5.41, 5.74) is 7.54. The molecular formula is C29H63N7. The first-order valence-electron chi connectivity index (χ1n) is 15.4. The molecule has 7 nitrogen and oxygen atoms in total. The van der Waals surface area contributed by atoms with E-state index in [-0.39, 0.29) is 17.1 Å². The van der Waals surface area contributed by atoms with Crippen LogP contribution in [0, 0.1) is 0 Å². The van der Waals surface area contributed by atoms with Crippen molar-refractivity contribution in [1.29, 1.82) is 0 Å². The summed E-state index contributed by atoms with van der Waals surface area (Å²) in [5.74, 6) is 0. The van der Waals surface area contributed by atoms with Crippen LogP contribution in [-0.2, 0) is 0 Å². The van der Waals surface area contributed by atoms with Crippen LogP contribution in [0.4, 0.5) is 0 Å². The lowest BCUT2D eigenvalue weighted by Gasteiger charge is -2.50. The standard InChI is InChI=1S/C29H63N7/c1-9-31-17-18-32(10-2)24-28(23-31,35(13-5)14-6)21-27(30)22-29(36(15-7)16-8)25-33(11-3)19-20-34(12-4)26-29/h27H,9-26,30H2,1-8H3. The SMILES string of the molecule is CCN1CCN(CC)CC(CC(N)CC2(N(CC)CC)CN(CC)CCN(CC)C2)(N(CC)CC)C1. The average Bonchev–Trinajstić information content (AvgIpc) is 3.17. The molecule has 2 aliphatic rings. The molecule has 2 heterocycles. The van der Waals surface area contributed by atoms with Crippen molar-refractivity contribution in [2.75, 3.05) is 105 Å². The molecule has 0 aromatic rings. The fourth-order valence-corrected chi connectivity index (χ4v) is 7.48. The van der Waals surface area contributed by atoms with E-state index < -0.39 is 0 Å². The van der Waals surface area contributed by atoms with Crippen LogP contribution in [0.1, 0.15) is 68.2 Å². The fraction of sp³-hybridized carbons (Fsp3) is 1.00. The largest absolute Gasteiger partial charge is 0.328 e. The van der Waals surface area contributed by atoms with E-state index in [0.29, 0.717) is 0 Å². The normalized spacial score (nSPS) is 23.0. The predicted octanol–water partition coefficient (Wildman–Crippen LogP) is 2.57. The lowest BCUT2D eigenvalue weighted by molar-refractivity contribution is 0.0120. The monoisotopic (exact) mass is 510 g/mol. The summed E-state index contributed by atoms with van der Waals surface area (Å²) in [4.78, 5) is 16.2. The van der Waals surface area contributed by atoms with Gasteiger partial charge in [0.25, 0.3) is 0 Å². The topological polar surface area (TPSA) is 45.5 Å². The number of rotatable bonds is 14. The van der Waals surface area contributed by atoms with Crippen LogP contribution in [0.5, 0.6) is 0 Å². The number of likely N-dealkylation sites (N-methyl/N-ethyl adjacent to an activating group) is 6. The first-order chi connectivity index (χ1) is 17.3. The maximum absolute atomic E-state index is 7.32. The van der Waals surface area contributed by atoms with E-state index in [4.69, 9.17) is 5.73 Å². The molecule has 214 valence electrons. The molecule has 0 radical (unpaired) electrons. The van der Waals surface area contributed by atoms with Gasteiger partial charge in [-0.05, 0) is 65.2 Å². The predicted molar refractivity (Wildman–Crippen MR) is 157 cm³/mol. The van der Waals surface area contributed by atoms with Crippen LogP contribution in [0.25, 0.3) is 0 Å². The summed E-state index contributed by atoms with van der Waals surface area (Å²) in [6.45, 7) is 36.7. The highest BCUT2D eigenvalue weighted by atomic mass is 15.3. The Bertz CT molecular complexity index is 514. The zero-order valence-electron chi connectivity index (χ0n) is 25.6. The minimum atomic E-state index is 0.107. The minimum absolute atomic E-state index is 0.107. The van der Waals surface area contributed by atoms with E-state index in [9.17, 15) is 0 Å². The van der Waals surface area contributed by atoms with Crippen molar-refractivity contribution < 1.29 is 0 Å². The lowest BCUT2D eigenvalue weighted by Crippen LogP contribution is -2.64. The highest BCUT2D eigenvalue weighted by Crippen LogP contribution is 2.32. The zero-order chi connectivity index (χ0) is 26.8. The molecule has 7 heteroatoms. The highest BCUT2D eigenvalue weighted by Gasteiger charge is 2.45. The van der Waals surface area contributed by atoms with Crippen molar-refractivity contribution in [2.45, 2.75) is 85.4 Å². The number of nitrogens with zero attached hydrogens (tertiary/aromatic N) is 6. The third-order valence-electron chi connectivity index (χ3n) is 9.48. The third kappa shape index (κ3) is 7.87. The smallest absolute Gasteiger partial charge is 0.0477 e. The molecule has 2 aliphatic heterocycles. The van der Waals surface area contributed by atoms with Gasteiger partial charge in [-0.3, -0.25) is 9.80 Å². The van der Waals surface area contributed by atoms with Gasteiger partial charge in [0.2, 0.25) is 0 Å². The van der Waals surface area contributed by atoms with E-state index in [1.807, 2.05) is 0 Å². The highest BCUT2D eigenvalue weighted by molar-refractivity contribution is 5.05. The summed E-state index contributed by atoms with van der Waals surface area (Å²) in [6, 6.07) is 0.178. The number of hydrogen-bond donors (Lipinski definition) is 1. The molecular weight excluding hydrogens is 446 g/mol. The first-order valence-corrected chi connectivity index (χ1v) is 15.4. The average molecular weight is 510 g/mol. The molecule has 36 heavy (non-hydrogen) atoms. The van der Waals surface area contributed by atoms with E-state index >= 15 is 0 Å². The molecule has 0 aromatic carbocycles. The van der Waals surface area contributed by atoms with Crippen LogP contribution < -0.4 is 5.73 Å². The van der Waals surface area contributed by atoms with Crippen molar-refractivity contribution in [3.8, 4) is 0 Å². The summed E-state index contributed by atoms with van der Waals surface area (Å²) < 4.78 is 0. The quantitative estimate of drug-likeness (QED) is 0.386. The Morgan fingerprint density at radius 1 is 0.528 bits per heavy atom. The van der Waals surface area contributed by atoms with Gasteiger partial charge in [-0.1, -0.05) is 55.4 Å². The molecule has 0 amide bonds. The summed E-state index contributed by atoms with van der Waals surface area (Å²) >= 11 is 0. The molecule has 0 unspecified atom stereocenters. The van der Waals surface area contributed by atoms with Crippen molar-refractivity contribution >= 4 is 0 Å². The van der Waals surface area contributed by atoms with Gasteiger partial charge in [-0.25, -0.2) is 0 Å². The van der Waals surface area contributed by atoms with Crippen LogP contribution >= 0.6 is 0 Å². The van der Waals surface area contributed by atoms with Crippen LogP contribution in [0.3, 0.4) is 0 Å². The molecule has 0 spiro atoms. The van der Waals surface area contributed by atoms with Gasteiger partial charge in [-0.2, -0.15) is 0 Å². The van der Waals surface area contributed by atoms with Crippen molar-refractivity contribution in [2.24, 2.45) is 5.73 Å². The Morgan fingerprint density at radius 3 is 0.972 bits per heavy atom. The first kappa shape index (κ1) is 31.9. The molecule has 2 N–H and O–H groups in total. The van der Waals surface area contributed by atoms with Gasteiger partial charge >= 0.3 is 0 Å². The van der Waals surface area contributed by atoms with Crippen molar-refractivity contribution in [3.63, 3.8) is 0 Å². The van der Waals surface area contributed by atoms with Gasteiger partial charge in [0.05, 0.1) is 0 Å². The van der Waals surface area contributed by atoms with Crippen molar-refractivity contribution in [1.82, 2.24) is 29.4 Å². The minimum Gasteiger partial charge on any atom is -0.328 e. The van der Waals surface area contributed by atoms with Gasteiger partial charge in [0.15, 0.2) is 0 Å². The van der Waals surface area contributed by atoms with Crippen LogP contribution in [0.15, 0.2) is 0 Å². The Kier molecular flexibility index (Phi) is 13.6. The molecule has 0 aliphatic carbocycles. The zero-order valence-corrected chi connectivity index (χ0v) is 25.6. The summed E-state index contributed by atoms with van der Waals surface area (Å²) in [6.07, 6.45) is 2.14. The fourth-order valence-electron chi connectivity index (χ4n) is 7.48. The maximum atomic E-state index is 7.32. The molecule has 2 rings (SSSR count). The molecule has 0 bridgehead atoms. The van der Waals surface area contributed by atoms with E-state index in [0.717, 1.165) is 91.4 Å². The Labute approximate surface area is 225 Å². The van der Waals surface area contributed by atoms with Crippen LogP contribution in [-0.4, -0.2) is 151 Å². The second kappa shape index (κ2) is 15.3. The second-order valence-electron chi connectivity index (χ2n) is 11.4. The number of hydrogen-bond acceptors (Lipinski definition) is 7.